The maximum Gasteiger partial charge on any atom is 1.00 e. The van der Waals surface area contributed by atoms with Crippen LogP contribution in [0, 0.1) is 0 Å². The molecule has 0 aliphatic rings. The summed E-state index contributed by atoms with van der Waals surface area (Å²) in [5.41, 5.74) is -1.54. The third-order valence-corrected chi connectivity index (χ3v) is 11.5. The summed E-state index contributed by atoms with van der Waals surface area (Å²) in [6.07, 6.45) is 0. The number of hydrogen-bond donors (Lipinski definition) is 2. The van der Waals surface area contributed by atoms with Crippen molar-refractivity contribution in [3.8, 4) is 5.75 Å². The molecule has 4 rings (SSSR count). The van der Waals surface area contributed by atoms with E-state index in [1.807, 2.05) is 0 Å². The molecule has 55 heavy (non-hydrogen) atoms. The van der Waals surface area contributed by atoms with Crippen molar-refractivity contribution in [2.24, 2.45) is 20.5 Å². The average Bonchev–Trinajstić information content (AvgIpc) is 3.04. The van der Waals surface area contributed by atoms with E-state index in [-0.39, 0.29) is 132 Å². The number of aromatic hydroxyl groups is 1. The third kappa shape index (κ3) is 14.3. The molecule has 0 bridgehead atoms. The molecule has 0 aliphatic heterocycles. The largest absolute Gasteiger partial charge is 1.00 e. The van der Waals surface area contributed by atoms with E-state index in [9.17, 15) is 60.9 Å². The van der Waals surface area contributed by atoms with Crippen LogP contribution in [0.5, 0.6) is 5.75 Å². The summed E-state index contributed by atoms with van der Waals surface area (Å²) in [6, 6.07) is 12.0. The molecule has 0 unspecified atom stereocenters. The van der Waals surface area contributed by atoms with Crippen LogP contribution in [-0.4, -0.2) is 79.1 Å². The number of fused-ring (bicyclic) bond motifs is 1. The second-order valence-electron chi connectivity index (χ2n) is 10.1. The smallest absolute Gasteiger partial charge is 0.747 e. The Morgan fingerprint density at radius 1 is 0.691 bits per heavy atom. The zero-order valence-electron chi connectivity index (χ0n) is 28.7. The molecule has 0 saturated carbocycles. The van der Waals surface area contributed by atoms with Gasteiger partial charge in [0.15, 0.2) is 25.4 Å². The molecule has 4 aromatic rings. The van der Waals surface area contributed by atoms with Crippen LogP contribution >= 0.6 is 0 Å². The Morgan fingerprint density at radius 2 is 1.20 bits per heavy atom. The summed E-state index contributed by atoms with van der Waals surface area (Å²) in [4.78, 5) is -1.62. The Bertz CT molecular complexity index is 2680. The van der Waals surface area contributed by atoms with Gasteiger partial charge in [-0.1, -0.05) is 6.58 Å². The van der Waals surface area contributed by atoms with Crippen molar-refractivity contribution in [2.75, 3.05) is 23.6 Å². The molecule has 28 heteroatoms. The second-order valence-corrected chi connectivity index (χ2v) is 17.9. The molecule has 2 N–H and O–H groups in total. The van der Waals surface area contributed by atoms with E-state index in [1.165, 1.54) is 24.3 Å². The molecule has 0 fully saturated rings. The number of anilines is 1. The van der Waals surface area contributed by atoms with Gasteiger partial charge in [-0.15, -0.1) is 10.2 Å². The number of rotatable bonds is 15. The first-order valence-electron chi connectivity index (χ1n) is 13.7. The third-order valence-electron chi connectivity index (χ3n) is 6.61. The summed E-state index contributed by atoms with van der Waals surface area (Å²) >= 11 is 0. The Morgan fingerprint density at radius 3 is 1.67 bits per heavy atom. The Balaban J connectivity index is 0.00000504. The number of phenols is 1. The van der Waals surface area contributed by atoms with Crippen molar-refractivity contribution < 1.29 is 154 Å². The minimum atomic E-state index is -5.47. The van der Waals surface area contributed by atoms with E-state index in [2.05, 4.69) is 36.5 Å². The van der Waals surface area contributed by atoms with E-state index < -0.39 is 84.9 Å². The van der Waals surface area contributed by atoms with E-state index in [0.717, 1.165) is 47.9 Å². The predicted octanol–water partition coefficient (Wildman–Crippen LogP) is -5.63. The van der Waals surface area contributed by atoms with Crippen LogP contribution in [0.2, 0.25) is 0 Å². The van der Waals surface area contributed by atoms with Crippen molar-refractivity contribution in [3.05, 3.63) is 78.7 Å². The molecule has 0 amide bonds. The normalized spacial score (nSPS) is 12.5. The number of benzene rings is 4. The molecule has 20 nitrogen and oxygen atoms in total. The number of nitrogens with zero attached hydrogens (tertiary/aromatic N) is 4. The van der Waals surface area contributed by atoms with Crippen molar-refractivity contribution >= 4 is 89.5 Å². The zero-order chi connectivity index (χ0) is 38.7. The first kappa shape index (κ1) is 51.3. The summed E-state index contributed by atoms with van der Waals surface area (Å²) in [5, 5.41) is 29.0. The minimum Gasteiger partial charge on any atom is -0.747 e. The monoisotopic (exact) mass is 885 g/mol. The first-order chi connectivity index (χ1) is 24.0. The van der Waals surface area contributed by atoms with E-state index in [0.29, 0.717) is 0 Å². The van der Waals surface area contributed by atoms with E-state index in [1.54, 1.807) is 0 Å². The van der Waals surface area contributed by atoms with Crippen molar-refractivity contribution in [2.45, 2.75) is 14.7 Å². The fourth-order valence-electron chi connectivity index (χ4n) is 4.21. The molecule has 0 atom stereocenters. The minimum absolute atomic E-state index is 0. The van der Waals surface area contributed by atoms with Gasteiger partial charge < -0.3 is 24.1 Å². The molecular formula is C27H22N5Na3O15S5. The van der Waals surface area contributed by atoms with Crippen LogP contribution in [-0.2, 0) is 54.5 Å². The number of sulfone groups is 2. The zero-order valence-corrected chi connectivity index (χ0v) is 38.8. The van der Waals surface area contributed by atoms with Crippen LogP contribution in [0.3, 0.4) is 0 Å². The number of azo groups is 2. The van der Waals surface area contributed by atoms with Crippen LogP contribution in [0.25, 0.3) is 10.8 Å². The summed E-state index contributed by atoms with van der Waals surface area (Å²) < 4.78 is 156. The molecule has 278 valence electrons. The average molecular weight is 886 g/mol. The maximum atomic E-state index is 12.4. The summed E-state index contributed by atoms with van der Waals surface area (Å²) in [7, 11) is -23.4. The molecule has 0 saturated heterocycles. The van der Waals surface area contributed by atoms with Crippen LogP contribution in [0.15, 0.2) is 114 Å². The predicted molar refractivity (Wildman–Crippen MR) is 178 cm³/mol. The van der Waals surface area contributed by atoms with Gasteiger partial charge in [0.1, 0.15) is 37.5 Å². The quantitative estimate of drug-likeness (QED) is 0.0486. The van der Waals surface area contributed by atoms with Gasteiger partial charge in [-0.2, -0.15) is 10.2 Å². The first-order valence-corrected chi connectivity index (χ1v) is 21.2. The van der Waals surface area contributed by atoms with Crippen molar-refractivity contribution in [1.29, 1.82) is 0 Å². The maximum absolute atomic E-state index is 12.4. The fraction of sp³-hybridized carbons (Fsp3) is 0.111. The summed E-state index contributed by atoms with van der Waals surface area (Å²) in [5.74, 6) is -2.97. The summed E-state index contributed by atoms with van der Waals surface area (Å²) in [6.45, 7) is 2.28. The fourth-order valence-corrected chi connectivity index (χ4v) is 7.36. The number of nitrogens with one attached hydrogen (secondary N) is 1. The van der Waals surface area contributed by atoms with Gasteiger partial charge in [0.05, 0.1) is 44.1 Å². The van der Waals surface area contributed by atoms with Gasteiger partial charge in [-0.05, 0) is 66.7 Å². The molecule has 0 heterocycles. The molecule has 0 aromatic heterocycles. The van der Waals surface area contributed by atoms with Crippen LogP contribution in [0.1, 0.15) is 0 Å². The van der Waals surface area contributed by atoms with Crippen LogP contribution < -0.4 is 94.0 Å². The molecule has 0 spiro atoms. The Labute approximate surface area is 381 Å². The SMILES string of the molecule is C=CS(=O)(=O)c1ccc(N=Nc2c(NCS(=O)(=O)[O-])ccc3c(O)c(N=Nc4ccc(S(=O)(=O)CCOS(=O)(=O)[O-])cc4)c(S(=O)(=O)[O-])cc23)cc1.[Na+].[Na+].[Na+]. The van der Waals surface area contributed by atoms with E-state index >= 15 is 0 Å². The Kier molecular flexibility index (Phi) is 18.9. The molecule has 4 aromatic carbocycles. The molecular weight excluding hydrogens is 864 g/mol. The van der Waals surface area contributed by atoms with Gasteiger partial charge in [-0.3, -0.25) is 4.18 Å². The van der Waals surface area contributed by atoms with Gasteiger partial charge in [0.25, 0.3) is 0 Å². The Hall–Kier alpha value is -1.73. The number of hydrogen-bond acceptors (Lipinski definition) is 20. The molecule has 0 radical (unpaired) electrons. The van der Waals surface area contributed by atoms with Gasteiger partial charge in [0, 0.05) is 16.2 Å². The van der Waals surface area contributed by atoms with Crippen LogP contribution in [0.4, 0.5) is 28.4 Å². The standard InChI is InChI=1S/C27H25N5O15S5.3Na/c1-2-48(34,35)19-7-3-17(4-8-19)29-31-25-22-15-24(51(41,42)43)26(27(33)21(22)11-12-23(25)28-16-50(38,39)40)32-30-18-5-9-20(10-6-18)49(36,37)14-13-47-52(44,45)46;;;/h2-12,15,28,33H,1,13-14,16H2,(H,38,39,40)(H,41,42,43)(H,44,45,46);;;/q;3*+1/p-3. The molecule has 0 aliphatic carbocycles. The van der Waals surface area contributed by atoms with Crippen molar-refractivity contribution in [3.63, 3.8) is 0 Å². The second kappa shape index (κ2) is 20.3. The number of phenolic OH excluding ortho intramolecular Hbond substituents is 1. The van der Waals surface area contributed by atoms with E-state index in [4.69, 9.17) is 0 Å². The van der Waals surface area contributed by atoms with Crippen molar-refractivity contribution in [1.82, 2.24) is 0 Å². The van der Waals surface area contributed by atoms with Gasteiger partial charge >= 0.3 is 88.7 Å². The van der Waals surface area contributed by atoms with Gasteiger partial charge in [0.2, 0.25) is 10.4 Å². The topological polar surface area (TPSA) is 331 Å². The van der Waals surface area contributed by atoms with Gasteiger partial charge in [-0.25, -0.2) is 42.1 Å².